The zero-order chi connectivity index (χ0) is 26.3. The lowest BCUT2D eigenvalue weighted by atomic mass is 9.91. The number of ether oxygens (including phenoxy) is 2. The molecule has 0 atom stereocenters. The Balaban J connectivity index is 1.59. The number of amides is 1. The van der Waals surface area contributed by atoms with Gasteiger partial charge in [-0.3, -0.25) is 9.59 Å². The lowest BCUT2D eigenvalue weighted by Gasteiger charge is -2.27. The lowest BCUT2D eigenvalue weighted by Crippen LogP contribution is -2.37. The third kappa shape index (κ3) is 9.41. The molecule has 3 rings (SSSR count). The summed E-state index contributed by atoms with van der Waals surface area (Å²) in [4.78, 5) is 39.1. The molecule has 0 saturated carbocycles. The molecule has 6 heteroatoms. The Hall–Kier alpha value is -4.19. The largest absolute Gasteiger partial charge is 0.461 e. The normalized spacial score (nSPS) is 10.5. The van der Waals surface area contributed by atoms with Crippen LogP contribution < -0.4 is 0 Å². The molecule has 0 aliphatic carbocycles. The minimum atomic E-state index is -0.508. The first-order valence-corrected chi connectivity index (χ1v) is 12.4. The van der Waals surface area contributed by atoms with Crippen molar-refractivity contribution in [3.05, 3.63) is 120 Å². The van der Waals surface area contributed by atoms with Crippen LogP contribution in [0.15, 0.2) is 104 Å². The molecular formula is C31H33NO5. The topological polar surface area (TPSA) is 72.9 Å². The number of benzene rings is 3. The number of rotatable bonds is 14. The summed E-state index contributed by atoms with van der Waals surface area (Å²) in [5.74, 6) is -0.636. The molecule has 0 N–H and O–H groups in total. The van der Waals surface area contributed by atoms with Gasteiger partial charge < -0.3 is 14.4 Å². The van der Waals surface area contributed by atoms with E-state index in [1.54, 1.807) is 4.90 Å². The molecule has 0 spiro atoms. The molecule has 0 saturated heterocycles. The summed E-state index contributed by atoms with van der Waals surface area (Å²) < 4.78 is 10.6. The van der Waals surface area contributed by atoms with Gasteiger partial charge in [-0.1, -0.05) is 104 Å². The highest BCUT2D eigenvalue weighted by molar-refractivity contribution is 5.83. The number of Topliss-reactive ketones (excluding diaryl/α,β-unsaturated/α-hetero) is 1. The summed E-state index contributed by atoms with van der Waals surface area (Å²) in [6.45, 7) is 4.39. The average molecular weight is 500 g/mol. The van der Waals surface area contributed by atoms with Gasteiger partial charge in [0.05, 0.1) is 6.42 Å². The molecule has 0 radical (unpaired) electrons. The molecule has 0 fully saturated rings. The van der Waals surface area contributed by atoms with Gasteiger partial charge in [0.25, 0.3) is 0 Å². The maximum Gasteiger partial charge on any atom is 0.410 e. The van der Waals surface area contributed by atoms with E-state index in [-0.39, 0.29) is 50.7 Å². The monoisotopic (exact) mass is 499 g/mol. The highest BCUT2D eigenvalue weighted by atomic mass is 16.6. The van der Waals surface area contributed by atoms with Crippen molar-refractivity contribution in [2.24, 2.45) is 0 Å². The van der Waals surface area contributed by atoms with E-state index < -0.39 is 12.1 Å². The second-order valence-corrected chi connectivity index (χ2v) is 8.62. The first-order valence-electron chi connectivity index (χ1n) is 12.4. The second-order valence-electron chi connectivity index (χ2n) is 8.62. The molecule has 3 aromatic carbocycles. The fourth-order valence-corrected chi connectivity index (χ4v) is 3.91. The predicted octanol–water partition coefficient (Wildman–Crippen LogP) is 5.93. The van der Waals surface area contributed by atoms with Crippen LogP contribution in [0.25, 0.3) is 0 Å². The van der Waals surface area contributed by atoms with Crippen LogP contribution in [0.4, 0.5) is 4.79 Å². The number of carbonyl (C=O) groups excluding carboxylic acids is 3. The van der Waals surface area contributed by atoms with Crippen LogP contribution in [-0.2, 0) is 25.7 Å². The van der Waals surface area contributed by atoms with Crippen molar-refractivity contribution in [2.75, 3.05) is 19.7 Å². The van der Waals surface area contributed by atoms with Crippen molar-refractivity contribution >= 4 is 17.8 Å². The smallest absolute Gasteiger partial charge is 0.410 e. The Morgan fingerprint density at radius 2 is 1.32 bits per heavy atom. The number of nitrogens with zero attached hydrogens (tertiary/aromatic N) is 1. The van der Waals surface area contributed by atoms with E-state index in [9.17, 15) is 14.4 Å². The van der Waals surface area contributed by atoms with Gasteiger partial charge in [-0.2, -0.15) is 0 Å². The van der Waals surface area contributed by atoms with Gasteiger partial charge in [0.15, 0.2) is 0 Å². The summed E-state index contributed by atoms with van der Waals surface area (Å²) >= 11 is 0. The molecule has 0 aliphatic heterocycles. The van der Waals surface area contributed by atoms with E-state index in [0.717, 1.165) is 16.7 Å². The summed E-state index contributed by atoms with van der Waals surface area (Å²) in [5.41, 5.74) is 3.01. The summed E-state index contributed by atoms with van der Waals surface area (Å²) in [6, 6.07) is 29.2. The van der Waals surface area contributed by atoms with Crippen molar-refractivity contribution in [1.29, 1.82) is 0 Å². The highest BCUT2D eigenvalue weighted by Gasteiger charge is 2.23. The first-order chi connectivity index (χ1) is 18.1. The predicted molar refractivity (Wildman–Crippen MR) is 143 cm³/mol. The quantitative estimate of drug-likeness (QED) is 0.203. The van der Waals surface area contributed by atoms with Crippen molar-refractivity contribution < 1.29 is 23.9 Å². The fourth-order valence-electron chi connectivity index (χ4n) is 3.91. The van der Waals surface area contributed by atoms with Gasteiger partial charge in [0.1, 0.15) is 19.0 Å². The van der Waals surface area contributed by atoms with Crippen LogP contribution in [0.3, 0.4) is 0 Å². The molecule has 0 aromatic heterocycles. The fraction of sp³-hybridized carbons (Fsp3) is 0.258. The van der Waals surface area contributed by atoms with Crippen LogP contribution in [0.5, 0.6) is 0 Å². The van der Waals surface area contributed by atoms with E-state index in [4.69, 9.17) is 9.47 Å². The Labute approximate surface area is 218 Å². The Kier molecular flexibility index (Phi) is 11.1. The van der Waals surface area contributed by atoms with Crippen LogP contribution in [0.2, 0.25) is 0 Å². The van der Waals surface area contributed by atoms with Crippen molar-refractivity contribution in [3.8, 4) is 0 Å². The molecular weight excluding hydrogens is 466 g/mol. The van der Waals surface area contributed by atoms with E-state index in [1.807, 2.05) is 91.0 Å². The number of esters is 1. The van der Waals surface area contributed by atoms with Gasteiger partial charge in [0.2, 0.25) is 0 Å². The Bertz CT molecular complexity index is 1090. The van der Waals surface area contributed by atoms with Gasteiger partial charge in [-0.05, 0) is 16.7 Å². The SMILES string of the molecule is C=CCOC(=O)N(CCC(=O)CCC(=O)OCc1ccccc1)CC(c1ccccc1)c1ccccc1. The molecule has 0 aliphatic rings. The summed E-state index contributed by atoms with van der Waals surface area (Å²) in [6.07, 6.45) is 1.18. The molecule has 0 bridgehead atoms. The zero-order valence-corrected chi connectivity index (χ0v) is 21.0. The van der Waals surface area contributed by atoms with E-state index in [2.05, 4.69) is 6.58 Å². The van der Waals surface area contributed by atoms with Gasteiger partial charge in [-0.15, -0.1) is 0 Å². The van der Waals surface area contributed by atoms with Crippen LogP contribution in [0.1, 0.15) is 41.9 Å². The van der Waals surface area contributed by atoms with Crippen molar-refractivity contribution in [3.63, 3.8) is 0 Å². The number of hydrogen-bond donors (Lipinski definition) is 0. The average Bonchev–Trinajstić information content (AvgIpc) is 2.95. The highest BCUT2D eigenvalue weighted by Crippen LogP contribution is 2.26. The Morgan fingerprint density at radius 3 is 1.89 bits per heavy atom. The molecule has 3 aromatic rings. The number of carbonyl (C=O) groups is 3. The third-order valence-corrected chi connectivity index (χ3v) is 5.90. The number of hydrogen-bond acceptors (Lipinski definition) is 5. The van der Waals surface area contributed by atoms with Gasteiger partial charge in [0, 0.05) is 31.8 Å². The van der Waals surface area contributed by atoms with Crippen LogP contribution in [-0.4, -0.2) is 42.4 Å². The molecule has 6 nitrogen and oxygen atoms in total. The minimum absolute atomic E-state index is 0.00321. The maximum absolute atomic E-state index is 12.9. The zero-order valence-electron chi connectivity index (χ0n) is 21.0. The Morgan fingerprint density at radius 1 is 0.757 bits per heavy atom. The van der Waals surface area contributed by atoms with Gasteiger partial charge >= 0.3 is 12.1 Å². The van der Waals surface area contributed by atoms with E-state index in [0.29, 0.717) is 6.54 Å². The lowest BCUT2D eigenvalue weighted by molar-refractivity contribution is -0.146. The second kappa shape index (κ2) is 15.0. The number of ketones is 1. The van der Waals surface area contributed by atoms with Crippen molar-refractivity contribution in [1.82, 2.24) is 4.90 Å². The third-order valence-electron chi connectivity index (χ3n) is 5.90. The maximum atomic E-state index is 12.9. The minimum Gasteiger partial charge on any atom is -0.461 e. The van der Waals surface area contributed by atoms with Crippen LogP contribution in [0, 0.1) is 0 Å². The van der Waals surface area contributed by atoms with Gasteiger partial charge in [-0.25, -0.2) is 4.79 Å². The molecule has 1 amide bonds. The van der Waals surface area contributed by atoms with Crippen molar-refractivity contribution in [2.45, 2.75) is 31.8 Å². The first kappa shape index (κ1) is 27.4. The molecule has 37 heavy (non-hydrogen) atoms. The summed E-state index contributed by atoms with van der Waals surface area (Å²) in [7, 11) is 0. The molecule has 192 valence electrons. The van der Waals surface area contributed by atoms with E-state index in [1.165, 1.54) is 6.08 Å². The molecule has 0 unspecified atom stereocenters. The molecule has 0 heterocycles. The standard InChI is InChI=1S/C31H33NO5/c1-2-22-36-31(35)32(23-29(26-14-8-4-9-15-26)27-16-10-5-11-17-27)21-20-28(33)18-19-30(34)37-24-25-12-6-3-7-13-25/h2-17,29H,1,18-24H2. The summed E-state index contributed by atoms with van der Waals surface area (Å²) in [5, 5.41) is 0. The van der Waals surface area contributed by atoms with E-state index >= 15 is 0 Å². The van der Waals surface area contributed by atoms with Crippen LogP contribution >= 0.6 is 0 Å².